The maximum Gasteiger partial charge on any atom is 0.320 e. The molecule has 1 atom stereocenters. The second-order valence-electron chi connectivity index (χ2n) is 3.65. The van der Waals surface area contributed by atoms with Crippen LogP contribution in [0.5, 0.6) is 0 Å². The molecule has 0 radical (unpaired) electrons. The molecule has 0 saturated carbocycles. The summed E-state index contributed by atoms with van der Waals surface area (Å²) in [6, 6.07) is -0.393. The van der Waals surface area contributed by atoms with Crippen LogP contribution in [0.25, 0.3) is 0 Å². The van der Waals surface area contributed by atoms with Crippen molar-refractivity contribution in [2.75, 3.05) is 6.54 Å². The highest BCUT2D eigenvalue weighted by molar-refractivity contribution is 5.73. The first-order valence-corrected chi connectivity index (χ1v) is 5.62. The molecule has 3 heteroatoms. The number of aliphatic carboxylic acids is 1. The van der Waals surface area contributed by atoms with Crippen LogP contribution < -0.4 is 5.32 Å². The molecule has 86 valence electrons. The molecule has 0 aromatic heterocycles. The summed E-state index contributed by atoms with van der Waals surface area (Å²) in [5.74, 6) is 1.82. The predicted octanol–water partition coefficient (Wildman–Crippen LogP) is 2.02. The van der Waals surface area contributed by atoms with Gasteiger partial charge >= 0.3 is 5.97 Å². The summed E-state index contributed by atoms with van der Waals surface area (Å²) in [6.45, 7) is 2.80. The molecule has 0 saturated heterocycles. The first kappa shape index (κ1) is 14.0. The van der Waals surface area contributed by atoms with E-state index in [1.54, 1.807) is 0 Å². The van der Waals surface area contributed by atoms with Gasteiger partial charge in [0.05, 0.1) is 0 Å². The average molecular weight is 211 g/mol. The summed E-state index contributed by atoms with van der Waals surface area (Å²) in [5.41, 5.74) is 0. The lowest BCUT2D eigenvalue weighted by Gasteiger charge is -2.13. The van der Waals surface area contributed by atoms with Crippen LogP contribution in [0.3, 0.4) is 0 Å². The van der Waals surface area contributed by atoms with Gasteiger partial charge in [-0.2, -0.15) is 0 Å². The Morgan fingerprint density at radius 1 is 1.47 bits per heavy atom. The molecule has 0 fully saturated rings. The zero-order chi connectivity index (χ0) is 11.5. The third-order valence-corrected chi connectivity index (χ3v) is 2.28. The first-order valence-electron chi connectivity index (χ1n) is 5.62. The van der Waals surface area contributed by atoms with Gasteiger partial charge in [0.2, 0.25) is 0 Å². The molecule has 0 rings (SSSR count). The van der Waals surface area contributed by atoms with Gasteiger partial charge in [0.25, 0.3) is 0 Å². The zero-order valence-electron chi connectivity index (χ0n) is 9.46. The molecule has 0 aliphatic heterocycles. The Morgan fingerprint density at radius 3 is 2.73 bits per heavy atom. The molecule has 0 aliphatic carbocycles. The van der Waals surface area contributed by atoms with Gasteiger partial charge in [0.15, 0.2) is 0 Å². The summed E-state index contributed by atoms with van der Waals surface area (Å²) in [4.78, 5) is 10.8. The maximum absolute atomic E-state index is 10.8. The van der Waals surface area contributed by atoms with Crippen molar-refractivity contribution in [3.05, 3.63) is 0 Å². The van der Waals surface area contributed by atoms with Gasteiger partial charge in [0.1, 0.15) is 6.04 Å². The Kier molecular flexibility index (Phi) is 8.90. The van der Waals surface area contributed by atoms with Crippen molar-refractivity contribution < 1.29 is 9.90 Å². The van der Waals surface area contributed by atoms with E-state index in [9.17, 15) is 4.79 Å². The molecule has 15 heavy (non-hydrogen) atoms. The number of nitrogens with one attached hydrogen (secondary N) is 1. The molecule has 1 unspecified atom stereocenters. The minimum Gasteiger partial charge on any atom is -0.480 e. The number of carboxylic acid groups (broad SMARTS) is 1. The molecule has 2 N–H and O–H groups in total. The van der Waals surface area contributed by atoms with Crippen molar-refractivity contribution in [1.82, 2.24) is 5.32 Å². The van der Waals surface area contributed by atoms with Crippen LogP contribution in [-0.2, 0) is 4.79 Å². The second kappa shape index (κ2) is 9.54. The highest BCUT2D eigenvalue weighted by Crippen LogP contribution is 2.01. The minimum atomic E-state index is -0.750. The van der Waals surface area contributed by atoms with Crippen LogP contribution in [0.2, 0.25) is 0 Å². The Bertz CT molecular complexity index is 208. The fourth-order valence-electron chi connectivity index (χ4n) is 1.35. The van der Waals surface area contributed by atoms with Crippen molar-refractivity contribution in [2.45, 2.75) is 51.5 Å². The lowest BCUT2D eigenvalue weighted by molar-refractivity contribution is -0.139. The van der Waals surface area contributed by atoms with E-state index < -0.39 is 12.0 Å². The maximum atomic E-state index is 10.8. The Hall–Kier alpha value is -1.01. The first-order chi connectivity index (χ1) is 7.22. The van der Waals surface area contributed by atoms with E-state index in [1.165, 1.54) is 0 Å². The molecule has 0 aromatic rings. The van der Waals surface area contributed by atoms with Gasteiger partial charge in [-0.25, -0.2) is 0 Å². The summed E-state index contributed by atoms with van der Waals surface area (Å²) in [6.07, 6.45) is 10.5. The van der Waals surface area contributed by atoms with Gasteiger partial charge < -0.3 is 10.4 Å². The summed E-state index contributed by atoms with van der Waals surface area (Å²) < 4.78 is 0. The highest BCUT2D eigenvalue weighted by Gasteiger charge is 2.14. The largest absolute Gasteiger partial charge is 0.480 e. The Balaban J connectivity index is 3.58. The molecule has 0 aliphatic rings. The molecule has 0 aromatic carbocycles. The smallest absolute Gasteiger partial charge is 0.320 e. The minimum absolute atomic E-state index is 0.393. The van der Waals surface area contributed by atoms with E-state index in [4.69, 9.17) is 11.5 Å². The standard InChI is InChI=1S/C12H21NO2/c1-3-5-7-8-10-13-11(12(14)15)9-6-4-2/h1,11,13H,4-10H2,2H3,(H,14,15). The lowest BCUT2D eigenvalue weighted by Crippen LogP contribution is -2.37. The molecular formula is C12H21NO2. The van der Waals surface area contributed by atoms with E-state index >= 15 is 0 Å². The number of rotatable bonds is 9. The lowest BCUT2D eigenvalue weighted by atomic mass is 10.1. The number of terminal acetylenes is 1. The van der Waals surface area contributed by atoms with E-state index in [0.717, 1.165) is 38.6 Å². The molecule has 3 nitrogen and oxygen atoms in total. The van der Waals surface area contributed by atoms with E-state index in [2.05, 4.69) is 18.2 Å². The third kappa shape index (κ3) is 8.02. The van der Waals surface area contributed by atoms with E-state index in [-0.39, 0.29) is 0 Å². The molecular weight excluding hydrogens is 190 g/mol. The monoisotopic (exact) mass is 211 g/mol. The SMILES string of the molecule is C#CCCCCNC(CCCC)C(=O)O. The van der Waals surface area contributed by atoms with Crippen molar-refractivity contribution in [3.63, 3.8) is 0 Å². The summed E-state index contributed by atoms with van der Waals surface area (Å²) in [7, 11) is 0. The molecule has 0 bridgehead atoms. The number of hydrogen-bond acceptors (Lipinski definition) is 2. The average Bonchev–Trinajstić information content (AvgIpc) is 2.21. The van der Waals surface area contributed by atoms with Gasteiger partial charge in [-0.3, -0.25) is 4.79 Å². The normalized spacial score (nSPS) is 12.0. The topological polar surface area (TPSA) is 49.3 Å². The molecule has 0 heterocycles. The predicted molar refractivity (Wildman–Crippen MR) is 61.6 cm³/mol. The van der Waals surface area contributed by atoms with Gasteiger partial charge in [-0.05, 0) is 25.8 Å². The second-order valence-corrected chi connectivity index (χ2v) is 3.65. The highest BCUT2D eigenvalue weighted by atomic mass is 16.4. The van der Waals surface area contributed by atoms with E-state index in [0.29, 0.717) is 6.42 Å². The number of unbranched alkanes of at least 4 members (excludes halogenated alkanes) is 3. The van der Waals surface area contributed by atoms with Crippen LogP contribution >= 0.6 is 0 Å². The van der Waals surface area contributed by atoms with Crippen molar-refractivity contribution in [3.8, 4) is 12.3 Å². The third-order valence-electron chi connectivity index (χ3n) is 2.28. The number of hydrogen-bond donors (Lipinski definition) is 2. The molecule has 0 amide bonds. The van der Waals surface area contributed by atoms with Gasteiger partial charge in [-0.1, -0.05) is 19.8 Å². The van der Waals surface area contributed by atoms with Crippen LogP contribution in [0.4, 0.5) is 0 Å². The fourth-order valence-corrected chi connectivity index (χ4v) is 1.35. The van der Waals surface area contributed by atoms with Crippen molar-refractivity contribution in [1.29, 1.82) is 0 Å². The van der Waals surface area contributed by atoms with Crippen LogP contribution in [0.15, 0.2) is 0 Å². The quantitative estimate of drug-likeness (QED) is 0.453. The summed E-state index contributed by atoms with van der Waals surface area (Å²) >= 11 is 0. The summed E-state index contributed by atoms with van der Waals surface area (Å²) in [5, 5.41) is 12.0. The number of carbonyl (C=O) groups is 1. The molecule has 0 spiro atoms. The Labute approximate surface area is 92.3 Å². The van der Waals surface area contributed by atoms with Crippen molar-refractivity contribution >= 4 is 5.97 Å². The van der Waals surface area contributed by atoms with Crippen LogP contribution in [0.1, 0.15) is 45.4 Å². The van der Waals surface area contributed by atoms with Crippen LogP contribution in [0, 0.1) is 12.3 Å². The number of carboxylic acids is 1. The van der Waals surface area contributed by atoms with Crippen LogP contribution in [-0.4, -0.2) is 23.7 Å². The van der Waals surface area contributed by atoms with Gasteiger partial charge in [-0.15, -0.1) is 12.3 Å². The zero-order valence-corrected chi connectivity index (χ0v) is 9.46. The van der Waals surface area contributed by atoms with E-state index in [1.807, 2.05) is 0 Å². The Morgan fingerprint density at radius 2 is 2.20 bits per heavy atom. The fraction of sp³-hybridized carbons (Fsp3) is 0.750. The van der Waals surface area contributed by atoms with Crippen molar-refractivity contribution in [2.24, 2.45) is 0 Å². The van der Waals surface area contributed by atoms with Gasteiger partial charge in [0, 0.05) is 6.42 Å².